The number of benzene rings is 1. The first-order valence-electron chi connectivity index (χ1n) is 8.66. The summed E-state index contributed by atoms with van der Waals surface area (Å²) in [6.45, 7) is 4.41. The summed E-state index contributed by atoms with van der Waals surface area (Å²) in [5.74, 6) is -0.428. The average molecular weight is 467 g/mol. The third kappa shape index (κ3) is 7.05. The van der Waals surface area contributed by atoms with Crippen molar-refractivity contribution in [1.29, 1.82) is 0 Å². The molecule has 0 saturated heterocycles. The van der Waals surface area contributed by atoms with Crippen LogP contribution < -0.4 is 10.6 Å². The monoisotopic (exact) mass is 467 g/mol. The number of aliphatic imine (C=N–C) groups is 1. The molecule has 4 nitrogen and oxygen atoms in total. The highest BCUT2D eigenvalue weighted by atomic mass is 127. The molecule has 1 aromatic rings. The highest BCUT2D eigenvalue weighted by Crippen LogP contribution is 2.42. The molecule has 0 heterocycles. The van der Waals surface area contributed by atoms with Gasteiger partial charge >= 0.3 is 0 Å². The fourth-order valence-electron chi connectivity index (χ4n) is 2.64. The van der Waals surface area contributed by atoms with E-state index in [2.05, 4.69) is 22.5 Å². The molecule has 25 heavy (non-hydrogen) atoms. The van der Waals surface area contributed by atoms with Crippen LogP contribution in [0.1, 0.15) is 44.1 Å². The average Bonchev–Trinajstić information content (AvgIpc) is 3.31. The standard InChI is InChI=1S/C18H27F2N3O.HI/c1-3-4-10-24-11-6-9-22-18(21-2)23-16-12-13(16)17-14(19)7-5-8-15(17)20;/h5,7-8,13,16H,3-4,6,9-12H2,1-2H3,(H2,21,22,23);1H. The Morgan fingerprint density at radius 2 is 1.92 bits per heavy atom. The number of ether oxygens (including phenoxy) is 1. The minimum absolute atomic E-state index is 0. The zero-order chi connectivity index (χ0) is 17.4. The van der Waals surface area contributed by atoms with Crippen LogP contribution in [-0.4, -0.2) is 38.8 Å². The van der Waals surface area contributed by atoms with Crippen molar-refractivity contribution in [3.8, 4) is 0 Å². The van der Waals surface area contributed by atoms with Gasteiger partial charge in [-0.2, -0.15) is 0 Å². The van der Waals surface area contributed by atoms with E-state index >= 15 is 0 Å². The maximum Gasteiger partial charge on any atom is 0.191 e. The lowest BCUT2D eigenvalue weighted by Gasteiger charge is -2.12. The summed E-state index contributed by atoms with van der Waals surface area (Å²) in [6, 6.07) is 4.02. The molecule has 2 rings (SSSR count). The van der Waals surface area contributed by atoms with Crippen LogP contribution in [-0.2, 0) is 4.74 Å². The van der Waals surface area contributed by atoms with Crippen molar-refractivity contribution in [1.82, 2.24) is 10.6 Å². The van der Waals surface area contributed by atoms with E-state index in [0.29, 0.717) is 12.4 Å². The predicted octanol–water partition coefficient (Wildman–Crippen LogP) is 3.81. The molecule has 2 unspecified atom stereocenters. The highest BCUT2D eigenvalue weighted by Gasteiger charge is 2.42. The second kappa shape index (κ2) is 11.6. The van der Waals surface area contributed by atoms with E-state index in [1.165, 1.54) is 18.2 Å². The van der Waals surface area contributed by atoms with E-state index in [9.17, 15) is 8.78 Å². The topological polar surface area (TPSA) is 45.6 Å². The summed E-state index contributed by atoms with van der Waals surface area (Å²) < 4.78 is 33.1. The van der Waals surface area contributed by atoms with Gasteiger partial charge in [-0.05, 0) is 31.4 Å². The number of hydrogen-bond acceptors (Lipinski definition) is 2. The Bertz CT molecular complexity index is 537. The fourth-order valence-corrected chi connectivity index (χ4v) is 2.64. The lowest BCUT2D eigenvalue weighted by molar-refractivity contribution is 0.129. The van der Waals surface area contributed by atoms with Gasteiger partial charge in [-0.25, -0.2) is 8.78 Å². The first-order chi connectivity index (χ1) is 11.7. The number of hydrogen-bond donors (Lipinski definition) is 2. The Balaban J connectivity index is 0.00000312. The molecule has 142 valence electrons. The molecule has 0 bridgehead atoms. The van der Waals surface area contributed by atoms with Crippen LogP contribution in [0.3, 0.4) is 0 Å². The second-order valence-electron chi connectivity index (χ2n) is 6.05. The lowest BCUT2D eigenvalue weighted by atomic mass is 10.1. The van der Waals surface area contributed by atoms with E-state index in [1.807, 2.05) is 0 Å². The molecule has 0 aromatic heterocycles. The first kappa shape index (κ1) is 22.1. The maximum absolute atomic E-state index is 13.8. The molecule has 1 aliphatic rings. The van der Waals surface area contributed by atoms with Crippen LogP contribution in [0, 0.1) is 11.6 Å². The van der Waals surface area contributed by atoms with Gasteiger partial charge in [-0.1, -0.05) is 19.4 Å². The molecule has 2 N–H and O–H groups in total. The molecular weight excluding hydrogens is 439 g/mol. The molecule has 1 aromatic carbocycles. The Kier molecular flexibility index (Phi) is 10.3. The zero-order valence-electron chi connectivity index (χ0n) is 14.9. The molecule has 1 fully saturated rings. The predicted molar refractivity (Wildman–Crippen MR) is 108 cm³/mol. The zero-order valence-corrected chi connectivity index (χ0v) is 17.2. The maximum atomic E-state index is 13.8. The van der Waals surface area contributed by atoms with Gasteiger partial charge in [0, 0.05) is 44.3 Å². The van der Waals surface area contributed by atoms with E-state index in [1.54, 1.807) is 7.05 Å². The fraction of sp³-hybridized carbons (Fsp3) is 0.611. The Labute approximate surface area is 165 Å². The molecule has 0 amide bonds. The number of unbranched alkanes of at least 4 members (excludes halogenated alkanes) is 1. The number of guanidine groups is 1. The Morgan fingerprint density at radius 1 is 1.24 bits per heavy atom. The summed E-state index contributed by atoms with van der Waals surface area (Å²) >= 11 is 0. The SMILES string of the molecule is CCCCOCCCNC(=NC)NC1CC1c1c(F)cccc1F.I. The molecule has 7 heteroatoms. The number of nitrogens with zero attached hydrogens (tertiary/aromatic N) is 1. The van der Waals surface area contributed by atoms with E-state index in [-0.39, 0.29) is 41.5 Å². The van der Waals surface area contributed by atoms with Gasteiger partial charge in [0.2, 0.25) is 0 Å². The largest absolute Gasteiger partial charge is 0.381 e. The van der Waals surface area contributed by atoms with Gasteiger partial charge in [0.05, 0.1) is 0 Å². The molecule has 1 aliphatic carbocycles. The van der Waals surface area contributed by atoms with Gasteiger partial charge in [0.1, 0.15) is 11.6 Å². The summed E-state index contributed by atoms with van der Waals surface area (Å²) in [5, 5.41) is 6.42. The van der Waals surface area contributed by atoms with Crippen molar-refractivity contribution in [2.75, 3.05) is 26.8 Å². The van der Waals surface area contributed by atoms with Crippen LogP contribution in [0.5, 0.6) is 0 Å². The first-order valence-corrected chi connectivity index (χ1v) is 8.66. The summed E-state index contributed by atoms with van der Waals surface area (Å²) in [7, 11) is 1.69. The van der Waals surface area contributed by atoms with Crippen LogP contribution >= 0.6 is 24.0 Å². The number of nitrogens with one attached hydrogen (secondary N) is 2. The molecule has 1 saturated carbocycles. The Hall–Kier alpha value is -0.960. The van der Waals surface area contributed by atoms with Gasteiger partial charge in [-0.3, -0.25) is 4.99 Å². The van der Waals surface area contributed by atoms with Crippen LogP contribution in [0.15, 0.2) is 23.2 Å². The van der Waals surface area contributed by atoms with Gasteiger partial charge in [0.25, 0.3) is 0 Å². The van der Waals surface area contributed by atoms with Crippen LogP contribution in [0.4, 0.5) is 8.78 Å². The summed E-state index contributed by atoms with van der Waals surface area (Å²) in [5.41, 5.74) is 0.176. The van der Waals surface area contributed by atoms with Gasteiger partial charge in [0.15, 0.2) is 5.96 Å². The number of rotatable bonds is 9. The smallest absolute Gasteiger partial charge is 0.191 e. The molecule has 0 spiro atoms. The van der Waals surface area contributed by atoms with Crippen molar-refractivity contribution in [2.45, 2.75) is 44.6 Å². The molecule has 2 atom stereocenters. The van der Waals surface area contributed by atoms with Crippen molar-refractivity contribution in [3.05, 3.63) is 35.4 Å². The van der Waals surface area contributed by atoms with Crippen LogP contribution in [0.25, 0.3) is 0 Å². The van der Waals surface area contributed by atoms with Crippen molar-refractivity contribution >= 4 is 29.9 Å². The quantitative estimate of drug-likeness (QED) is 0.251. The van der Waals surface area contributed by atoms with Crippen molar-refractivity contribution < 1.29 is 13.5 Å². The van der Waals surface area contributed by atoms with Crippen molar-refractivity contribution in [3.63, 3.8) is 0 Å². The Morgan fingerprint density at radius 3 is 2.56 bits per heavy atom. The van der Waals surface area contributed by atoms with Gasteiger partial charge < -0.3 is 15.4 Å². The van der Waals surface area contributed by atoms with E-state index in [4.69, 9.17) is 4.74 Å². The normalized spacial score (nSPS) is 19.3. The summed E-state index contributed by atoms with van der Waals surface area (Å²) in [6.07, 6.45) is 3.82. The molecule has 0 radical (unpaired) electrons. The third-order valence-corrected chi connectivity index (χ3v) is 4.11. The third-order valence-electron chi connectivity index (χ3n) is 4.11. The molecular formula is C18H28F2IN3O. The highest BCUT2D eigenvalue weighted by molar-refractivity contribution is 14.0. The summed E-state index contributed by atoms with van der Waals surface area (Å²) in [4.78, 5) is 4.15. The molecule has 0 aliphatic heterocycles. The van der Waals surface area contributed by atoms with Gasteiger partial charge in [-0.15, -0.1) is 24.0 Å². The second-order valence-corrected chi connectivity index (χ2v) is 6.05. The number of halogens is 3. The van der Waals surface area contributed by atoms with E-state index < -0.39 is 11.6 Å². The lowest BCUT2D eigenvalue weighted by Crippen LogP contribution is -2.39. The van der Waals surface area contributed by atoms with E-state index in [0.717, 1.165) is 39.0 Å². The minimum atomic E-state index is -0.475. The minimum Gasteiger partial charge on any atom is -0.381 e. The van der Waals surface area contributed by atoms with Crippen molar-refractivity contribution in [2.24, 2.45) is 4.99 Å². The van der Waals surface area contributed by atoms with Crippen LogP contribution in [0.2, 0.25) is 0 Å².